The first-order chi connectivity index (χ1) is 11.1. The maximum Gasteiger partial charge on any atom is 0.232 e. The average molecular weight is 431 g/mol. The number of ether oxygens (including phenoxy) is 1. The van der Waals surface area contributed by atoms with E-state index in [-0.39, 0.29) is 30.7 Å². The van der Waals surface area contributed by atoms with Gasteiger partial charge in [-0.2, -0.15) is 0 Å². The van der Waals surface area contributed by atoms with E-state index in [0.29, 0.717) is 53.5 Å². The van der Waals surface area contributed by atoms with Gasteiger partial charge in [-0.3, -0.25) is 4.79 Å². The van der Waals surface area contributed by atoms with Crippen LogP contribution in [0.4, 0.5) is 0 Å². The number of carbonyl (C=O) groups is 1. The van der Waals surface area contributed by atoms with E-state index in [2.05, 4.69) is 15.6 Å². The molecule has 2 atom stereocenters. The topological polar surface area (TPSA) is 63.2 Å². The van der Waals surface area contributed by atoms with Gasteiger partial charge in [0.05, 0.1) is 11.6 Å². The number of carbonyl (C=O) groups excluding carboxylic acids is 1. The molecule has 2 aliphatic heterocycles. The number of nitrogens with one attached hydrogen (secondary N) is 2. The van der Waals surface area contributed by atoms with Gasteiger partial charge < -0.3 is 15.4 Å². The number of amides is 1. The molecular weight excluding hydrogens is 408 g/mol. The zero-order valence-electron chi connectivity index (χ0n) is 13.7. The number of hydrogen-bond donors (Lipinski definition) is 2. The number of piperidine rings is 1. The summed E-state index contributed by atoms with van der Waals surface area (Å²) < 4.78 is 5.45. The molecule has 142 valence electrons. The normalized spacial score (nSPS) is 24.0. The highest BCUT2D eigenvalue weighted by Crippen LogP contribution is 2.32. The van der Waals surface area contributed by atoms with Crippen molar-refractivity contribution in [3.8, 4) is 5.88 Å². The summed E-state index contributed by atoms with van der Waals surface area (Å²) in [6.07, 6.45) is 6.83. The van der Waals surface area contributed by atoms with Crippen molar-refractivity contribution in [2.75, 3.05) is 13.2 Å². The molecule has 0 aliphatic carbocycles. The van der Waals surface area contributed by atoms with E-state index in [1.54, 1.807) is 6.07 Å². The fourth-order valence-corrected chi connectivity index (χ4v) is 3.96. The van der Waals surface area contributed by atoms with Crippen LogP contribution in [0.3, 0.4) is 0 Å². The van der Waals surface area contributed by atoms with Gasteiger partial charge in [-0.05, 0) is 37.7 Å². The van der Waals surface area contributed by atoms with Crippen LogP contribution in [0, 0.1) is 5.92 Å². The molecule has 0 radical (unpaired) electrons. The van der Waals surface area contributed by atoms with E-state index in [4.69, 9.17) is 27.9 Å². The Balaban J connectivity index is 0.00000156. The van der Waals surface area contributed by atoms with Crippen LogP contribution in [0.15, 0.2) is 12.3 Å². The Hall–Kier alpha value is -0.460. The SMILES string of the molecule is Cl.Cl.O=C(CC1CC2CCC(C1)N2)NCCOc1ncc(Cl)cc1Cl. The summed E-state index contributed by atoms with van der Waals surface area (Å²) in [5.41, 5.74) is 0. The summed E-state index contributed by atoms with van der Waals surface area (Å²) in [6, 6.07) is 2.82. The largest absolute Gasteiger partial charge is 0.475 e. The molecule has 1 amide bonds. The van der Waals surface area contributed by atoms with Crippen LogP contribution in [0.2, 0.25) is 10.0 Å². The van der Waals surface area contributed by atoms with Crippen molar-refractivity contribution in [2.24, 2.45) is 5.92 Å². The smallest absolute Gasteiger partial charge is 0.232 e. The van der Waals surface area contributed by atoms with Gasteiger partial charge >= 0.3 is 0 Å². The quantitative estimate of drug-likeness (QED) is 0.676. The van der Waals surface area contributed by atoms with Crippen molar-refractivity contribution in [2.45, 2.75) is 44.2 Å². The summed E-state index contributed by atoms with van der Waals surface area (Å²) in [4.78, 5) is 16.0. The van der Waals surface area contributed by atoms with Crippen molar-refractivity contribution in [1.29, 1.82) is 0 Å². The van der Waals surface area contributed by atoms with Crippen molar-refractivity contribution in [3.05, 3.63) is 22.3 Å². The van der Waals surface area contributed by atoms with E-state index in [1.807, 2.05) is 0 Å². The lowest BCUT2D eigenvalue weighted by molar-refractivity contribution is -0.122. The van der Waals surface area contributed by atoms with Crippen LogP contribution in [0.5, 0.6) is 5.88 Å². The Labute approximate surface area is 170 Å². The summed E-state index contributed by atoms with van der Waals surface area (Å²) in [5.74, 6) is 0.928. The van der Waals surface area contributed by atoms with Crippen LogP contribution < -0.4 is 15.4 Å². The number of rotatable bonds is 6. The molecule has 3 rings (SSSR count). The van der Waals surface area contributed by atoms with Crippen molar-refractivity contribution >= 4 is 53.9 Å². The van der Waals surface area contributed by atoms with E-state index < -0.39 is 0 Å². The van der Waals surface area contributed by atoms with Crippen LogP contribution in [-0.4, -0.2) is 36.1 Å². The number of pyridine rings is 1. The van der Waals surface area contributed by atoms with Gasteiger partial charge in [0.25, 0.3) is 0 Å². The minimum absolute atomic E-state index is 0. The highest BCUT2D eigenvalue weighted by Gasteiger charge is 2.34. The number of fused-ring (bicyclic) bond motifs is 2. The fourth-order valence-electron chi connectivity index (χ4n) is 3.52. The molecule has 5 nitrogen and oxygen atoms in total. The molecule has 2 aliphatic rings. The average Bonchev–Trinajstić information content (AvgIpc) is 2.84. The van der Waals surface area contributed by atoms with Gasteiger partial charge in [0.2, 0.25) is 11.8 Å². The Bertz CT molecular complexity index is 564. The van der Waals surface area contributed by atoms with Gasteiger partial charge in [-0.25, -0.2) is 4.98 Å². The summed E-state index contributed by atoms with van der Waals surface area (Å²) in [7, 11) is 0. The van der Waals surface area contributed by atoms with Crippen molar-refractivity contribution in [3.63, 3.8) is 0 Å². The lowest BCUT2D eigenvalue weighted by atomic mass is 9.89. The van der Waals surface area contributed by atoms with Crippen LogP contribution >= 0.6 is 48.0 Å². The molecule has 0 saturated carbocycles. The second-order valence-corrected chi connectivity index (χ2v) is 7.16. The third-order valence-electron chi connectivity index (χ3n) is 4.48. The van der Waals surface area contributed by atoms with Gasteiger partial charge in [0, 0.05) is 24.7 Å². The van der Waals surface area contributed by atoms with Gasteiger partial charge in [-0.1, -0.05) is 23.2 Å². The summed E-state index contributed by atoms with van der Waals surface area (Å²) in [5, 5.41) is 7.33. The first kappa shape index (κ1) is 22.6. The highest BCUT2D eigenvalue weighted by molar-refractivity contribution is 6.35. The van der Waals surface area contributed by atoms with Crippen LogP contribution in [0.1, 0.15) is 32.1 Å². The Morgan fingerprint density at radius 3 is 2.60 bits per heavy atom. The van der Waals surface area contributed by atoms with Crippen LogP contribution in [-0.2, 0) is 4.79 Å². The number of nitrogens with zero attached hydrogens (tertiary/aromatic N) is 1. The maximum absolute atomic E-state index is 12.0. The Morgan fingerprint density at radius 2 is 1.96 bits per heavy atom. The Morgan fingerprint density at radius 1 is 1.28 bits per heavy atom. The standard InChI is InChI=1S/C16H21Cl2N3O2.2ClH/c17-11-8-14(18)16(20-9-11)23-4-3-19-15(22)7-10-5-12-1-2-13(6-10)21-12;;/h8-10,12-13,21H,1-7H2,(H,19,22);2*1H. The molecule has 9 heteroatoms. The van der Waals surface area contributed by atoms with Crippen LogP contribution in [0.25, 0.3) is 0 Å². The molecule has 1 aromatic rings. The highest BCUT2D eigenvalue weighted by atomic mass is 35.5. The predicted molar refractivity (Wildman–Crippen MR) is 105 cm³/mol. The molecule has 3 heterocycles. The third-order valence-corrected chi connectivity index (χ3v) is 4.96. The zero-order chi connectivity index (χ0) is 16.2. The van der Waals surface area contributed by atoms with Gasteiger partial charge in [0.15, 0.2) is 0 Å². The number of halogens is 4. The predicted octanol–water partition coefficient (Wildman–Crippen LogP) is 3.65. The molecule has 1 aromatic heterocycles. The van der Waals surface area contributed by atoms with E-state index in [9.17, 15) is 4.79 Å². The lowest BCUT2D eigenvalue weighted by Gasteiger charge is -2.28. The minimum Gasteiger partial charge on any atom is -0.475 e. The molecule has 25 heavy (non-hydrogen) atoms. The van der Waals surface area contributed by atoms with Gasteiger partial charge in [-0.15, -0.1) is 24.8 Å². The molecule has 0 spiro atoms. The number of hydrogen-bond acceptors (Lipinski definition) is 4. The second-order valence-electron chi connectivity index (χ2n) is 6.32. The first-order valence-electron chi connectivity index (χ1n) is 8.06. The minimum atomic E-state index is 0. The van der Waals surface area contributed by atoms with Crippen molar-refractivity contribution in [1.82, 2.24) is 15.6 Å². The fraction of sp³-hybridized carbons (Fsp3) is 0.625. The molecular formula is C16H23Cl4N3O2. The molecule has 2 saturated heterocycles. The second kappa shape index (κ2) is 10.6. The first-order valence-corrected chi connectivity index (χ1v) is 8.82. The third kappa shape index (κ3) is 6.65. The lowest BCUT2D eigenvalue weighted by Crippen LogP contribution is -2.40. The zero-order valence-corrected chi connectivity index (χ0v) is 16.8. The maximum atomic E-state index is 12.0. The monoisotopic (exact) mass is 429 g/mol. The van der Waals surface area contributed by atoms with Crippen molar-refractivity contribution < 1.29 is 9.53 Å². The Kier molecular flexibility index (Phi) is 9.60. The molecule has 0 aromatic carbocycles. The van der Waals surface area contributed by atoms with Gasteiger partial charge in [0.1, 0.15) is 11.6 Å². The number of aromatic nitrogens is 1. The molecule has 2 N–H and O–H groups in total. The van der Waals surface area contributed by atoms with E-state index >= 15 is 0 Å². The van der Waals surface area contributed by atoms with E-state index in [0.717, 1.165) is 12.8 Å². The summed E-state index contributed by atoms with van der Waals surface area (Å²) >= 11 is 11.7. The molecule has 2 bridgehead atoms. The molecule has 2 fully saturated rings. The van der Waals surface area contributed by atoms with E-state index in [1.165, 1.54) is 19.0 Å². The molecule has 2 unspecified atom stereocenters. The summed E-state index contributed by atoms with van der Waals surface area (Å²) in [6.45, 7) is 0.773.